The number of rotatable bonds is 5. The molecule has 0 saturated carbocycles. The lowest BCUT2D eigenvalue weighted by molar-refractivity contribution is -0.120. The minimum atomic E-state index is 0.0140. The van der Waals surface area contributed by atoms with E-state index in [1.54, 1.807) is 0 Å². The quantitative estimate of drug-likeness (QED) is 0.724. The molecule has 0 heterocycles. The van der Waals surface area contributed by atoms with Crippen LogP contribution >= 0.6 is 0 Å². The largest absolute Gasteiger partial charge is 0.310 e. The summed E-state index contributed by atoms with van der Waals surface area (Å²) in [7, 11) is 0. The molecule has 0 aromatic heterocycles. The molecule has 0 N–H and O–H groups in total. The van der Waals surface area contributed by atoms with Crippen molar-refractivity contribution < 1.29 is 4.79 Å². The molecule has 1 amide bonds. The molecular weight excluding hydrogens is 258 g/mol. The fourth-order valence-electron chi connectivity index (χ4n) is 2.82. The van der Waals surface area contributed by atoms with Gasteiger partial charge in [-0.1, -0.05) is 40.2 Å². The molecule has 0 aliphatic carbocycles. The average Bonchev–Trinajstić information content (AvgIpc) is 2.25. The zero-order valence-electron chi connectivity index (χ0n) is 14.8. The Morgan fingerprint density at radius 3 is 2.10 bits per heavy atom. The molecule has 0 aliphatic rings. The van der Waals surface area contributed by atoms with Gasteiger partial charge in [-0.25, -0.2) is 0 Å². The highest BCUT2D eigenvalue weighted by atomic mass is 16.2. The van der Waals surface area contributed by atoms with E-state index < -0.39 is 0 Å². The Hall–Kier alpha value is -1.31. The fourth-order valence-corrected chi connectivity index (χ4v) is 2.82. The van der Waals surface area contributed by atoms with E-state index in [9.17, 15) is 4.79 Å². The van der Waals surface area contributed by atoms with Crippen molar-refractivity contribution in [1.29, 1.82) is 0 Å². The number of aryl methyl sites for hydroxylation is 2. The van der Waals surface area contributed by atoms with Crippen LogP contribution < -0.4 is 4.90 Å². The second kappa shape index (κ2) is 7.11. The summed E-state index contributed by atoms with van der Waals surface area (Å²) >= 11 is 0. The van der Waals surface area contributed by atoms with Gasteiger partial charge in [0.1, 0.15) is 0 Å². The van der Waals surface area contributed by atoms with Crippen LogP contribution in [0.25, 0.3) is 0 Å². The predicted octanol–water partition coefficient (Wildman–Crippen LogP) is 5.26. The van der Waals surface area contributed by atoms with Gasteiger partial charge in [0.15, 0.2) is 0 Å². The Bertz CT molecular complexity index is 465. The first-order valence-corrected chi connectivity index (χ1v) is 8.04. The highest BCUT2D eigenvalue weighted by molar-refractivity contribution is 5.94. The number of benzene rings is 1. The van der Waals surface area contributed by atoms with E-state index >= 15 is 0 Å². The number of hydrogen-bond donors (Lipinski definition) is 0. The second-order valence-electron chi connectivity index (χ2n) is 7.48. The summed E-state index contributed by atoms with van der Waals surface area (Å²) in [5.74, 6) is 0.230. The van der Waals surface area contributed by atoms with Gasteiger partial charge in [-0.05, 0) is 55.9 Å². The fraction of sp³-hybridized carbons (Fsp3) is 0.632. The van der Waals surface area contributed by atoms with Crippen molar-refractivity contribution in [3.63, 3.8) is 0 Å². The SMILES string of the molecule is CCCC(C)N(C(=O)CC(C)(C)C)c1cc(C)cc(C)c1. The summed E-state index contributed by atoms with van der Waals surface area (Å²) in [6.07, 6.45) is 2.70. The number of amides is 1. The van der Waals surface area contributed by atoms with Crippen molar-refractivity contribution in [1.82, 2.24) is 0 Å². The van der Waals surface area contributed by atoms with Crippen molar-refractivity contribution in [2.24, 2.45) is 5.41 Å². The normalized spacial score (nSPS) is 13.1. The topological polar surface area (TPSA) is 20.3 Å². The molecule has 0 fully saturated rings. The maximum absolute atomic E-state index is 12.8. The van der Waals surface area contributed by atoms with Crippen LogP contribution in [-0.4, -0.2) is 11.9 Å². The Morgan fingerprint density at radius 1 is 1.14 bits per heavy atom. The summed E-state index contributed by atoms with van der Waals surface area (Å²) in [6, 6.07) is 6.64. The number of anilines is 1. The third-order valence-corrected chi connectivity index (χ3v) is 3.58. The van der Waals surface area contributed by atoms with Crippen LogP contribution in [0.5, 0.6) is 0 Å². The van der Waals surface area contributed by atoms with Crippen LogP contribution in [0.2, 0.25) is 0 Å². The summed E-state index contributed by atoms with van der Waals surface area (Å²) in [5.41, 5.74) is 3.48. The van der Waals surface area contributed by atoms with E-state index in [0.29, 0.717) is 6.42 Å². The summed E-state index contributed by atoms with van der Waals surface area (Å²) in [4.78, 5) is 14.8. The van der Waals surface area contributed by atoms with Gasteiger partial charge in [-0.3, -0.25) is 4.79 Å². The van der Waals surface area contributed by atoms with Gasteiger partial charge in [-0.2, -0.15) is 0 Å². The van der Waals surface area contributed by atoms with Crippen molar-refractivity contribution in [2.75, 3.05) is 4.90 Å². The van der Waals surface area contributed by atoms with Crippen LogP contribution in [0.1, 0.15) is 65.0 Å². The van der Waals surface area contributed by atoms with Gasteiger partial charge in [0.25, 0.3) is 0 Å². The van der Waals surface area contributed by atoms with E-state index in [2.05, 4.69) is 66.7 Å². The monoisotopic (exact) mass is 289 g/mol. The molecule has 21 heavy (non-hydrogen) atoms. The van der Waals surface area contributed by atoms with E-state index in [1.165, 1.54) is 11.1 Å². The van der Waals surface area contributed by atoms with Gasteiger partial charge in [0, 0.05) is 18.2 Å². The lowest BCUT2D eigenvalue weighted by Gasteiger charge is -2.32. The summed E-state index contributed by atoms with van der Waals surface area (Å²) in [6.45, 7) is 14.9. The van der Waals surface area contributed by atoms with Gasteiger partial charge >= 0.3 is 0 Å². The van der Waals surface area contributed by atoms with Gasteiger partial charge in [0.2, 0.25) is 5.91 Å². The first-order chi connectivity index (χ1) is 9.64. The molecule has 1 rings (SSSR count). The Kier molecular flexibility index (Phi) is 6.00. The molecule has 118 valence electrons. The molecule has 1 unspecified atom stereocenters. The van der Waals surface area contributed by atoms with Crippen molar-refractivity contribution in [3.05, 3.63) is 29.3 Å². The Balaban J connectivity index is 3.15. The van der Waals surface area contributed by atoms with Crippen LogP contribution in [0.4, 0.5) is 5.69 Å². The molecule has 1 aromatic carbocycles. The highest BCUT2D eigenvalue weighted by Gasteiger charge is 2.26. The lowest BCUT2D eigenvalue weighted by atomic mass is 9.91. The Labute approximate surface area is 130 Å². The van der Waals surface area contributed by atoms with Gasteiger partial charge in [-0.15, -0.1) is 0 Å². The smallest absolute Gasteiger partial charge is 0.227 e. The molecule has 2 nitrogen and oxygen atoms in total. The predicted molar refractivity (Wildman–Crippen MR) is 91.8 cm³/mol. The third-order valence-electron chi connectivity index (χ3n) is 3.58. The number of carbonyl (C=O) groups is 1. The van der Waals surface area contributed by atoms with Crippen LogP contribution in [0, 0.1) is 19.3 Å². The second-order valence-corrected chi connectivity index (χ2v) is 7.48. The van der Waals surface area contributed by atoms with E-state index in [4.69, 9.17) is 0 Å². The molecule has 0 saturated heterocycles. The first kappa shape index (κ1) is 17.7. The molecule has 1 aromatic rings. The minimum Gasteiger partial charge on any atom is -0.310 e. The van der Waals surface area contributed by atoms with Crippen LogP contribution in [0.15, 0.2) is 18.2 Å². The highest BCUT2D eigenvalue weighted by Crippen LogP contribution is 2.27. The van der Waals surface area contributed by atoms with E-state index in [1.807, 2.05) is 4.90 Å². The third kappa shape index (κ3) is 5.53. The number of carbonyl (C=O) groups excluding carboxylic acids is 1. The summed E-state index contributed by atoms with van der Waals surface area (Å²) < 4.78 is 0. The van der Waals surface area contributed by atoms with Crippen LogP contribution in [0.3, 0.4) is 0 Å². The van der Waals surface area contributed by atoms with Crippen molar-refractivity contribution in [2.45, 2.75) is 73.8 Å². The molecule has 2 heteroatoms. The zero-order chi connectivity index (χ0) is 16.2. The van der Waals surface area contributed by atoms with E-state index in [-0.39, 0.29) is 17.4 Å². The van der Waals surface area contributed by atoms with E-state index in [0.717, 1.165) is 18.5 Å². The molecule has 1 atom stereocenters. The Morgan fingerprint density at radius 2 is 1.67 bits per heavy atom. The maximum Gasteiger partial charge on any atom is 0.227 e. The minimum absolute atomic E-state index is 0.0140. The first-order valence-electron chi connectivity index (χ1n) is 8.04. The van der Waals surface area contributed by atoms with Gasteiger partial charge < -0.3 is 4.90 Å². The summed E-state index contributed by atoms with van der Waals surface area (Å²) in [5, 5.41) is 0. The average molecular weight is 289 g/mol. The molecule has 0 bridgehead atoms. The molecular formula is C19H31NO. The molecule has 0 spiro atoms. The lowest BCUT2D eigenvalue weighted by Crippen LogP contribution is -2.40. The standard InChI is InChI=1S/C19H31NO/c1-8-9-16(4)20(18(21)13-19(5,6)7)17-11-14(2)10-15(3)12-17/h10-12,16H,8-9,13H2,1-7H3. The maximum atomic E-state index is 12.8. The molecule has 0 radical (unpaired) electrons. The van der Waals surface area contributed by atoms with Crippen molar-refractivity contribution >= 4 is 11.6 Å². The number of nitrogens with zero attached hydrogens (tertiary/aromatic N) is 1. The molecule has 0 aliphatic heterocycles. The number of hydrogen-bond acceptors (Lipinski definition) is 1. The zero-order valence-corrected chi connectivity index (χ0v) is 14.8. The van der Waals surface area contributed by atoms with Crippen LogP contribution in [-0.2, 0) is 4.79 Å². The van der Waals surface area contributed by atoms with Crippen molar-refractivity contribution in [3.8, 4) is 0 Å². The van der Waals surface area contributed by atoms with Gasteiger partial charge in [0.05, 0.1) is 0 Å².